The Morgan fingerprint density at radius 3 is 2.33 bits per heavy atom. The molecule has 30 heavy (non-hydrogen) atoms. The Bertz CT molecular complexity index is 1280. The summed E-state index contributed by atoms with van der Waals surface area (Å²) in [5.41, 5.74) is 3.25. The van der Waals surface area contributed by atoms with Gasteiger partial charge >= 0.3 is 0 Å². The van der Waals surface area contributed by atoms with Crippen LogP contribution in [0.15, 0.2) is 57.5 Å². The lowest BCUT2D eigenvalue weighted by Gasteiger charge is -2.08. The topological polar surface area (TPSA) is 108 Å². The maximum Gasteiger partial charge on any atom is 0.281 e. The van der Waals surface area contributed by atoms with Gasteiger partial charge in [0.2, 0.25) is 5.88 Å². The normalized spacial score (nSPS) is 10.9. The van der Waals surface area contributed by atoms with E-state index in [2.05, 4.69) is 10.2 Å². The minimum absolute atomic E-state index is 0.0257. The number of azo groups is 1. The van der Waals surface area contributed by atoms with Gasteiger partial charge in [0.05, 0.1) is 5.69 Å². The van der Waals surface area contributed by atoms with Crippen LogP contribution in [0.1, 0.15) is 38.2 Å². The Kier molecular flexibility index (Phi) is 5.61. The summed E-state index contributed by atoms with van der Waals surface area (Å²) in [6, 6.07) is 14.1. The molecule has 1 heterocycles. The van der Waals surface area contributed by atoms with E-state index in [0.29, 0.717) is 16.8 Å². The molecule has 150 valence electrons. The fourth-order valence-electron chi connectivity index (χ4n) is 3.13. The Morgan fingerprint density at radius 2 is 1.73 bits per heavy atom. The van der Waals surface area contributed by atoms with Crippen LogP contribution in [0.2, 0.25) is 0 Å². The molecule has 0 amide bonds. The highest BCUT2D eigenvalue weighted by Crippen LogP contribution is 2.26. The van der Waals surface area contributed by atoms with E-state index in [9.17, 15) is 20.0 Å². The first kappa shape index (κ1) is 20.7. The minimum atomic E-state index is -0.561. The van der Waals surface area contributed by atoms with E-state index in [1.54, 1.807) is 24.3 Å². The lowest BCUT2D eigenvalue weighted by atomic mass is 9.97. The third kappa shape index (κ3) is 3.76. The molecule has 1 N–H and O–H groups in total. The van der Waals surface area contributed by atoms with Gasteiger partial charge in [-0.15, -0.1) is 5.11 Å². The number of nitrogens with zero attached hydrogens (tertiary/aromatic N) is 4. The first-order chi connectivity index (χ1) is 14.2. The molecule has 7 nitrogen and oxygen atoms in total. The maximum atomic E-state index is 12.7. The summed E-state index contributed by atoms with van der Waals surface area (Å²) in [5, 5.41) is 27.2. The predicted octanol–water partition coefficient (Wildman–Crippen LogP) is 4.53. The van der Waals surface area contributed by atoms with Crippen molar-refractivity contribution in [2.24, 2.45) is 17.3 Å². The highest BCUT2D eigenvalue weighted by Gasteiger charge is 2.17. The van der Waals surface area contributed by atoms with Crippen LogP contribution in [0.5, 0.6) is 5.88 Å². The smallest absolute Gasteiger partial charge is 0.281 e. The summed E-state index contributed by atoms with van der Waals surface area (Å²) < 4.78 is 0.950. The third-order valence-corrected chi connectivity index (χ3v) is 4.91. The molecule has 0 saturated carbocycles. The number of aromatic nitrogens is 1. The zero-order valence-electron chi connectivity index (χ0n) is 17.1. The fourth-order valence-corrected chi connectivity index (χ4v) is 3.13. The van der Waals surface area contributed by atoms with Crippen LogP contribution in [0.3, 0.4) is 0 Å². The summed E-state index contributed by atoms with van der Waals surface area (Å²) in [7, 11) is 1.35. The average molecular weight is 400 g/mol. The van der Waals surface area contributed by atoms with Crippen LogP contribution >= 0.6 is 0 Å². The average Bonchev–Trinajstić information content (AvgIpc) is 2.72. The molecule has 2 aromatic carbocycles. The van der Waals surface area contributed by atoms with Crippen molar-refractivity contribution in [3.8, 4) is 11.9 Å². The quantitative estimate of drug-likeness (QED) is 0.512. The Morgan fingerprint density at radius 1 is 1.07 bits per heavy atom. The number of rotatable bonds is 4. The van der Waals surface area contributed by atoms with Gasteiger partial charge in [0.15, 0.2) is 11.5 Å². The maximum absolute atomic E-state index is 12.7. The second kappa shape index (κ2) is 8.13. The van der Waals surface area contributed by atoms with Crippen molar-refractivity contribution in [2.75, 3.05) is 0 Å². The molecular weight excluding hydrogens is 380 g/mol. The van der Waals surface area contributed by atoms with Crippen LogP contribution < -0.4 is 5.56 Å². The van der Waals surface area contributed by atoms with Gasteiger partial charge < -0.3 is 5.11 Å². The first-order valence-corrected chi connectivity index (χ1v) is 9.21. The molecule has 0 fully saturated rings. The number of nitriles is 1. The first-order valence-electron chi connectivity index (χ1n) is 9.21. The Hall–Kier alpha value is -4.05. The van der Waals surface area contributed by atoms with Crippen molar-refractivity contribution in [3.63, 3.8) is 0 Å². The zero-order chi connectivity index (χ0) is 22.0. The number of carbonyl (C=O) groups is 1. The molecule has 3 rings (SSSR count). The van der Waals surface area contributed by atoms with E-state index in [0.717, 1.165) is 15.7 Å². The van der Waals surface area contributed by atoms with Gasteiger partial charge in [0, 0.05) is 23.7 Å². The molecule has 0 unspecified atom stereocenters. The van der Waals surface area contributed by atoms with Crippen molar-refractivity contribution in [1.82, 2.24) is 4.57 Å². The van der Waals surface area contributed by atoms with Gasteiger partial charge in [-0.25, -0.2) is 0 Å². The van der Waals surface area contributed by atoms with Gasteiger partial charge in [0.25, 0.3) is 5.56 Å². The van der Waals surface area contributed by atoms with Crippen molar-refractivity contribution in [1.29, 1.82) is 5.26 Å². The zero-order valence-corrected chi connectivity index (χ0v) is 17.1. The van der Waals surface area contributed by atoms with Crippen LogP contribution in [-0.2, 0) is 7.05 Å². The molecule has 7 heteroatoms. The Balaban J connectivity index is 1.91. The monoisotopic (exact) mass is 400 g/mol. The molecule has 0 aliphatic rings. The SMILES string of the molecule is Cc1ccc(C(=O)c2ccc(N=Nc3c(C)c(C#N)c(O)n(C)c3=O)cc2)c(C)c1. The third-order valence-electron chi connectivity index (χ3n) is 4.91. The largest absolute Gasteiger partial charge is 0.493 e. The number of benzene rings is 2. The number of aryl methyl sites for hydroxylation is 2. The molecule has 0 aliphatic carbocycles. The summed E-state index contributed by atoms with van der Waals surface area (Å²) >= 11 is 0. The highest BCUT2D eigenvalue weighted by atomic mass is 16.3. The van der Waals surface area contributed by atoms with Crippen LogP contribution in [0.25, 0.3) is 0 Å². The van der Waals surface area contributed by atoms with E-state index in [-0.39, 0.29) is 22.6 Å². The van der Waals surface area contributed by atoms with E-state index in [4.69, 9.17) is 0 Å². The van der Waals surface area contributed by atoms with Crippen molar-refractivity contribution >= 4 is 17.2 Å². The van der Waals surface area contributed by atoms with E-state index < -0.39 is 11.4 Å². The fraction of sp³-hybridized carbons (Fsp3) is 0.174. The Labute approximate surface area is 173 Å². The molecular formula is C23H20N4O3. The van der Waals surface area contributed by atoms with Crippen molar-refractivity contribution < 1.29 is 9.90 Å². The van der Waals surface area contributed by atoms with Gasteiger partial charge in [-0.3, -0.25) is 14.2 Å². The number of pyridine rings is 1. The van der Waals surface area contributed by atoms with Gasteiger partial charge in [-0.2, -0.15) is 10.4 Å². The lowest BCUT2D eigenvalue weighted by Crippen LogP contribution is -2.18. The number of aromatic hydroxyl groups is 1. The van der Waals surface area contributed by atoms with E-state index in [1.807, 2.05) is 38.1 Å². The predicted molar refractivity (Wildman–Crippen MR) is 113 cm³/mol. The van der Waals surface area contributed by atoms with Gasteiger partial charge in [0.1, 0.15) is 11.6 Å². The summed E-state index contributed by atoms with van der Waals surface area (Å²) in [6.07, 6.45) is 0. The van der Waals surface area contributed by atoms with Crippen LogP contribution in [0.4, 0.5) is 11.4 Å². The standard InChI is InChI=1S/C23H20N4O3/c1-13-5-10-18(14(2)11-13)21(28)16-6-8-17(9-7-16)25-26-20-15(3)19(12-24)22(29)27(4)23(20)30/h5-11,29H,1-4H3. The number of hydrogen-bond acceptors (Lipinski definition) is 6. The van der Waals surface area contributed by atoms with E-state index >= 15 is 0 Å². The summed E-state index contributed by atoms with van der Waals surface area (Å²) in [6.45, 7) is 5.41. The molecule has 0 atom stereocenters. The van der Waals surface area contributed by atoms with Gasteiger partial charge in [-0.05, 0) is 50.6 Å². The molecule has 0 bridgehead atoms. The second-order valence-corrected chi connectivity index (χ2v) is 7.04. The molecule has 0 aliphatic heterocycles. The van der Waals surface area contributed by atoms with Crippen LogP contribution in [-0.4, -0.2) is 15.5 Å². The number of hydrogen-bond donors (Lipinski definition) is 1. The van der Waals surface area contributed by atoms with Crippen LogP contribution in [0, 0.1) is 32.1 Å². The summed E-state index contributed by atoms with van der Waals surface area (Å²) in [5.74, 6) is -0.494. The summed E-state index contributed by atoms with van der Waals surface area (Å²) in [4.78, 5) is 25.1. The molecule has 0 spiro atoms. The van der Waals surface area contributed by atoms with Crippen molar-refractivity contribution in [3.05, 3.63) is 86.2 Å². The minimum Gasteiger partial charge on any atom is -0.493 e. The lowest BCUT2D eigenvalue weighted by molar-refractivity contribution is 0.103. The second-order valence-electron chi connectivity index (χ2n) is 7.04. The molecule has 0 saturated heterocycles. The highest BCUT2D eigenvalue weighted by molar-refractivity contribution is 6.10. The van der Waals surface area contributed by atoms with Crippen molar-refractivity contribution in [2.45, 2.75) is 20.8 Å². The van der Waals surface area contributed by atoms with Gasteiger partial charge in [-0.1, -0.05) is 23.8 Å². The van der Waals surface area contributed by atoms with E-state index in [1.165, 1.54) is 14.0 Å². The number of carbonyl (C=O) groups excluding carboxylic acids is 1. The molecule has 3 aromatic rings. The molecule has 0 radical (unpaired) electrons. The number of ketones is 1. The molecule has 1 aromatic heterocycles.